The highest BCUT2D eigenvalue weighted by Crippen LogP contribution is 2.23. The molecule has 0 heterocycles. The monoisotopic (exact) mass is 285 g/mol. The fourth-order valence-electron chi connectivity index (χ4n) is 2.55. The van der Waals surface area contributed by atoms with E-state index >= 15 is 0 Å². The molecular weight excluding hydrogens is 262 g/mol. The van der Waals surface area contributed by atoms with Crippen molar-refractivity contribution in [1.82, 2.24) is 0 Å². The lowest BCUT2D eigenvalue weighted by atomic mass is 10.0. The Morgan fingerprint density at radius 2 is 1.81 bits per heavy atom. The molecule has 0 saturated heterocycles. The van der Waals surface area contributed by atoms with Gasteiger partial charge in [0.25, 0.3) is 0 Å². The maximum Gasteiger partial charge on any atom is 0.323 e. The van der Waals surface area contributed by atoms with Crippen molar-refractivity contribution in [1.29, 1.82) is 0 Å². The summed E-state index contributed by atoms with van der Waals surface area (Å²) in [6.45, 7) is 2.23. The molecule has 1 N–H and O–H groups in total. The maximum absolute atomic E-state index is 10.8. The smallest absolute Gasteiger partial charge is 0.323 e. The lowest BCUT2D eigenvalue weighted by Crippen LogP contribution is -2.24. The number of hydrogen-bond acceptors (Lipinski definition) is 2. The number of rotatable bonds is 7. The third-order valence-corrected chi connectivity index (χ3v) is 3.77. The number of carboxylic acids is 1. The molecule has 2 rings (SSSR count). The van der Waals surface area contributed by atoms with Gasteiger partial charge in [-0.3, -0.25) is 4.79 Å². The fraction of sp³-hybridized carbons (Fsp3) is 0.389. The zero-order valence-electron chi connectivity index (χ0n) is 12.8. The highest BCUT2D eigenvalue weighted by atomic mass is 16.4. The molecule has 0 aromatic heterocycles. The van der Waals surface area contributed by atoms with Gasteiger partial charge in [-0.1, -0.05) is 44.0 Å². The Morgan fingerprint density at radius 3 is 2.52 bits per heavy atom. The molecule has 0 saturated carbocycles. The van der Waals surface area contributed by atoms with E-state index in [1.54, 1.807) is 11.9 Å². The Labute approximate surface area is 126 Å². The number of carbonyl (C=O) groups is 1. The zero-order chi connectivity index (χ0) is 15.2. The van der Waals surface area contributed by atoms with Gasteiger partial charge in [0.1, 0.15) is 6.54 Å². The van der Waals surface area contributed by atoms with Crippen LogP contribution in [0.4, 0.5) is 5.69 Å². The summed E-state index contributed by atoms with van der Waals surface area (Å²) in [5, 5.41) is 11.2. The molecule has 0 amide bonds. The Hall–Kier alpha value is -2.03. The number of carboxylic acid groups (broad SMARTS) is 1. The molecule has 0 atom stereocenters. The lowest BCUT2D eigenvalue weighted by molar-refractivity contribution is -0.135. The molecule has 3 heteroatoms. The number of benzene rings is 2. The summed E-state index contributed by atoms with van der Waals surface area (Å²) in [5.41, 5.74) is 2.31. The minimum Gasteiger partial charge on any atom is -0.480 e. The van der Waals surface area contributed by atoms with Crippen molar-refractivity contribution in [2.45, 2.75) is 32.6 Å². The van der Waals surface area contributed by atoms with Crippen LogP contribution in [0.5, 0.6) is 0 Å². The van der Waals surface area contributed by atoms with Gasteiger partial charge in [-0.15, -0.1) is 0 Å². The van der Waals surface area contributed by atoms with Crippen LogP contribution in [0.2, 0.25) is 0 Å². The van der Waals surface area contributed by atoms with E-state index in [2.05, 4.69) is 31.2 Å². The van der Waals surface area contributed by atoms with Gasteiger partial charge in [0.2, 0.25) is 0 Å². The van der Waals surface area contributed by atoms with Crippen LogP contribution < -0.4 is 4.90 Å². The van der Waals surface area contributed by atoms with E-state index < -0.39 is 5.97 Å². The SMILES string of the molecule is CCCCCc1ccc2cc(N(C)CC(=O)O)ccc2c1. The third-order valence-electron chi connectivity index (χ3n) is 3.77. The zero-order valence-corrected chi connectivity index (χ0v) is 12.8. The molecule has 0 aliphatic carbocycles. The summed E-state index contributed by atoms with van der Waals surface area (Å²) < 4.78 is 0. The Kier molecular flexibility index (Phi) is 5.20. The van der Waals surface area contributed by atoms with Crippen LogP contribution >= 0.6 is 0 Å². The van der Waals surface area contributed by atoms with Crippen LogP contribution in [-0.2, 0) is 11.2 Å². The van der Waals surface area contributed by atoms with E-state index in [0.29, 0.717) is 0 Å². The van der Waals surface area contributed by atoms with Gasteiger partial charge in [0, 0.05) is 12.7 Å². The first-order valence-electron chi connectivity index (χ1n) is 7.56. The predicted molar refractivity (Wildman–Crippen MR) is 88.1 cm³/mol. The third kappa shape index (κ3) is 4.22. The first kappa shape index (κ1) is 15.4. The molecule has 0 fully saturated rings. The van der Waals surface area contributed by atoms with Crippen molar-refractivity contribution < 1.29 is 9.90 Å². The second-order valence-electron chi connectivity index (χ2n) is 5.57. The summed E-state index contributed by atoms with van der Waals surface area (Å²) in [6.07, 6.45) is 4.88. The number of fused-ring (bicyclic) bond motifs is 1. The van der Waals surface area contributed by atoms with Gasteiger partial charge in [-0.05, 0) is 41.3 Å². The molecule has 0 aliphatic heterocycles. The summed E-state index contributed by atoms with van der Waals surface area (Å²) in [5.74, 6) is -0.816. The number of hydrogen-bond donors (Lipinski definition) is 1. The van der Waals surface area contributed by atoms with E-state index in [1.165, 1.54) is 30.2 Å². The Balaban J connectivity index is 2.17. The molecule has 0 spiro atoms. The lowest BCUT2D eigenvalue weighted by Gasteiger charge is -2.17. The standard InChI is InChI=1S/C18H23NO2/c1-3-4-5-6-14-7-8-16-12-17(10-9-15(16)11-14)19(2)13-18(20)21/h7-12H,3-6,13H2,1-2H3,(H,20,21). The summed E-state index contributed by atoms with van der Waals surface area (Å²) in [4.78, 5) is 12.5. The molecular formula is C18H23NO2. The van der Waals surface area contributed by atoms with Crippen molar-refractivity contribution in [3.63, 3.8) is 0 Å². The molecule has 2 aromatic carbocycles. The van der Waals surface area contributed by atoms with E-state index in [-0.39, 0.29) is 6.54 Å². The predicted octanol–water partition coefficient (Wildman–Crippen LogP) is 4.09. The van der Waals surface area contributed by atoms with Crippen LogP contribution in [0.25, 0.3) is 10.8 Å². The number of aliphatic carboxylic acids is 1. The topological polar surface area (TPSA) is 40.5 Å². The Morgan fingerprint density at radius 1 is 1.10 bits per heavy atom. The molecule has 21 heavy (non-hydrogen) atoms. The van der Waals surface area contributed by atoms with E-state index in [0.717, 1.165) is 17.5 Å². The number of likely N-dealkylation sites (N-methyl/N-ethyl adjacent to an activating group) is 1. The minimum absolute atomic E-state index is 0.0145. The van der Waals surface area contributed by atoms with E-state index in [4.69, 9.17) is 5.11 Å². The average Bonchev–Trinajstić information content (AvgIpc) is 2.46. The molecule has 0 radical (unpaired) electrons. The van der Waals surface area contributed by atoms with Crippen LogP contribution in [-0.4, -0.2) is 24.7 Å². The van der Waals surface area contributed by atoms with Gasteiger partial charge < -0.3 is 10.0 Å². The average molecular weight is 285 g/mol. The molecule has 0 bridgehead atoms. The molecule has 0 unspecified atom stereocenters. The van der Waals surface area contributed by atoms with Gasteiger partial charge in [0.15, 0.2) is 0 Å². The van der Waals surface area contributed by atoms with E-state index in [9.17, 15) is 4.79 Å². The molecule has 3 nitrogen and oxygen atoms in total. The molecule has 2 aromatic rings. The van der Waals surface area contributed by atoms with Crippen molar-refractivity contribution in [3.05, 3.63) is 42.0 Å². The number of aryl methyl sites for hydroxylation is 1. The summed E-state index contributed by atoms with van der Waals surface area (Å²) in [6, 6.07) is 12.7. The van der Waals surface area contributed by atoms with Crippen molar-refractivity contribution in [2.75, 3.05) is 18.5 Å². The van der Waals surface area contributed by atoms with Crippen molar-refractivity contribution in [2.24, 2.45) is 0 Å². The van der Waals surface area contributed by atoms with Crippen LogP contribution in [0.3, 0.4) is 0 Å². The number of nitrogens with zero attached hydrogens (tertiary/aromatic N) is 1. The van der Waals surface area contributed by atoms with Crippen molar-refractivity contribution in [3.8, 4) is 0 Å². The second kappa shape index (κ2) is 7.11. The summed E-state index contributed by atoms with van der Waals surface area (Å²) in [7, 11) is 1.80. The van der Waals surface area contributed by atoms with E-state index in [1.807, 2.05) is 12.1 Å². The minimum atomic E-state index is -0.816. The first-order chi connectivity index (χ1) is 10.1. The summed E-state index contributed by atoms with van der Waals surface area (Å²) >= 11 is 0. The molecule has 112 valence electrons. The molecule has 0 aliphatic rings. The van der Waals surface area contributed by atoms with Crippen molar-refractivity contribution >= 4 is 22.4 Å². The van der Waals surface area contributed by atoms with Crippen LogP contribution in [0.15, 0.2) is 36.4 Å². The second-order valence-corrected chi connectivity index (χ2v) is 5.57. The van der Waals surface area contributed by atoms with Gasteiger partial charge in [0.05, 0.1) is 0 Å². The maximum atomic E-state index is 10.8. The number of anilines is 1. The van der Waals surface area contributed by atoms with Gasteiger partial charge in [-0.25, -0.2) is 0 Å². The highest BCUT2D eigenvalue weighted by Gasteiger charge is 2.06. The van der Waals surface area contributed by atoms with Gasteiger partial charge in [-0.2, -0.15) is 0 Å². The number of unbranched alkanes of at least 4 members (excludes halogenated alkanes) is 2. The largest absolute Gasteiger partial charge is 0.480 e. The quantitative estimate of drug-likeness (QED) is 0.779. The Bertz CT molecular complexity index is 622. The highest BCUT2D eigenvalue weighted by molar-refractivity contribution is 5.87. The van der Waals surface area contributed by atoms with Crippen LogP contribution in [0.1, 0.15) is 31.7 Å². The van der Waals surface area contributed by atoms with Crippen LogP contribution in [0, 0.1) is 0 Å². The fourth-order valence-corrected chi connectivity index (χ4v) is 2.55. The normalized spacial score (nSPS) is 10.8. The van der Waals surface area contributed by atoms with Gasteiger partial charge >= 0.3 is 5.97 Å². The first-order valence-corrected chi connectivity index (χ1v) is 7.56.